The first-order valence-corrected chi connectivity index (χ1v) is 6.50. The molecule has 0 saturated heterocycles. The number of rotatable bonds is 3. The first-order chi connectivity index (χ1) is 7.82. The van der Waals surface area contributed by atoms with E-state index in [4.69, 9.17) is 5.11 Å². The van der Waals surface area contributed by atoms with Crippen LogP contribution in [0.15, 0.2) is 0 Å². The quantitative estimate of drug-likeness (QED) is 0.713. The summed E-state index contributed by atoms with van der Waals surface area (Å²) in [7, 11) is 0. The van der Waals surface area contributed by atoms with E-state index in [1.807, 2.05) is 20.8 Å². The molecular weight excluding hydrogens is 218 g/mol. The molecule has 1 amide bonds. The fourth-order valence-corrected chi connectivity index (χ4v) is 2.70. The Kier molecular flexibility index (Phi) is 4.80. The third-order valence-corrected chi connectivity index (χ3v) is 3.69. The Balaban J connectivity index is 2.70. The van der Waals surface area contributed by atoms with Gasteiger partial charge in [0.05, 0.1) is 12.1 Å². The minimum Gasteiger partial charge on any atom is -0.465 e. The van der Waals surface area contributed by atoms with Crippen LogP contribution in [0.1, 0.15) is 52.9 Å². The van der Waals surface area contributed by atoms with Gasteiger partial charge in [0, 0.05) is 0 Å². The van der Waals surface area contributed by atoms with Gasteiger partial charge in [0.1, 0.15) is 0 Å². The van der Waals surface area contributed by atoms with Crippen molar-refractivity contribution in [2.45, 2.75) is 65.0 Å². The highest BCUT2D eigenvalue weighted by molar-refractivity contribution is 5.65. The lowest BCUT2D eigenvalue weighted by Crippen LogP contribution is -2.53. The molecule has 1 rings (SSSR count). The van der Waals surface area contributed by atoms with Gasteiger partial charge in [-0.05, 0) is 24.2 Å². The Morgan fingerprint density at radius 1 is 1.24 bits per heavy atom. The van der Waals surface area contributed by atoms with Gasteiger partial charge >= 0.3 is 6.09 Å². The fourth-order valence-electron chi connectivity index (χ4n) is 2.70. The molecule has 4 nitrogen and oxygen atoms in total. The van der Waals surface area contributed by atoms with Gasteiger partial charge in [-0.15, -0.1) is 0 Å². The van der Waals surface area contributed by atoms with Crippen LogP contribution in [-0.2, 0) is 0 Å². The lowest BCUT2D eigenvalue weighted by atomic mass is 9.75. The number of amides is 1. The average molecular weight is 243 g/mol. The van der Waals surface area contributed by atoms with E-state index in [0.717, 1.165) is 25.7 Å². The van der Waals surface area contributed by atoms with E-state index >= 15 is 0 Å². The molecule has 2 unspecified atom stereocenters. The molecule has 2 atom stereocenters. The summed E-state index contributed by atoms with van der Waals surface area (Å²) in [4.78, 5) is 10.8. The van der Waals surface area contributed by atoms with Gasteiger partial charge in [-0.1, -0.05) is 40.0 Å². The van der Waals surface area contributed by atoms with Gasteiger partial charge in [-0.2, -0.15) is 0 Å². The van der Waals surface area contributed by atoms with Crippen molar-refractivity contribution < 1.29 is 15.0 Å². The van der Waals surface area contributed by atoms with Gasteiger partial charge in [0.2, 0.25) is 0 Å². The smallest absolute Gasteiger partial charge is 0.404 e. The Labute approximate surface area is 103 Å². The molecule has 0 aliphatic heterocycles. The van der Waals surface area contributed by atoms with Crippen LogP contribution in [0.2, 0.25) is 0 Å². The fraction of sp³-hybridized carbons (Fsp3) is 0.923. The normalized spacial score (nSPS) is 21.9. The summed E-state index contributed by atoms with van der Waals surface area (Å²) in [5.41, 5.74) is -0.269. The second-order valence-corrected chi connectivity index (χ2v) is 6.18. The van der Waals surface area contributed by atoms with Crippen molar-refractivity contribution in [3.63, 3.8) is 0 Å². The van der Waals surface area contributed by atoms with E-state index in [-0.39, 0.29) is 11.3 Å². The third kappa shape index (κ3) is 4.19. The molecule has 0 aromatic rings. The van der Waals surface area contributed by atoms with Crippen LogP contribution in [0.4, 0.5) is 4.79 Å². The number of aliphatic hydroxyl groups excluding tert-OH is 1. The van der Waals surface area contributed by atoms with Crippen molar-refractivity contribution in [3.05, 3.63) is 0 Å². The Bertz CT molecular complexity index is 254. The largest absolute Gasteiger partial charge is 0.465 e. The Hall–Kier alpha value is -0.770. The molecule has 0 radical (unpaired) electrons. The summed E-state index contributed by atoms with van der Waals surface area (Å²) >= 11 is 0. The second kappa shape index (κ2) is 5.71. The van der Waals surface area contributed by atoms with Crippen LogP contribution < -0.4 is 5.32 Å². The molecule has 1 aliphatic rings. The van der Waals surface area contributed by atoms with Crippen LogP contribution in [0.25, 0.3) is 0 Å². The maximum atomic E-state index is 10.8. The van der Waals surface area contributed by atoms with Crippen LogP contribution in [0.3, 0.4) is 0 Å². The molecule has 1 saturated carbocycles. The van der Waals surface area contributed by atoms with E-state index in [1.54, 1.807) is 0 Å². The maximum absolute atomic E-state index is 10.8. The van der Waals surface area contributed by atoms with Crippen molar-refractivity contribution in [1.82, 2.24) is 5.32 Å². The van der Waals surface area contributed by atoms with E-state index in [9.17, 15) is 9.90 Å². The van der Waals surface area contributed by atoms with E-state index in [1.165, 1.54) is 6.42 Å². The van der Waals surface area contributed by atoms with Gasteiger partial charge in [-0.3, -0.25) is 0 Å². The van der Waals surface area contributed by atoms with Gasteiger partial charge in [0.15, 0.2) is 0 Å². The minimum atomic E-state index is -1.06. The molecule has 0 bridgehead atoms. The van der Waals surface area contributed by atoms with Crippen molar-refractivity contribution >= 4 is 6.09 Å². The van der Waals surface area contributed by atoms with Gasteiger partial charge < -0.3 is 15.5 Å². The van der Waals surface area contributed by atoms with Crippen LogP contribution in [0.5, 0.6) is 0 Å². The van der Waals surface area contributed by atoms with Crippen LogP contribution in [0, 0.1) is 11.3 Å². The molecular formula is C13H25NO3. The maximum Gasteiger partial charge on any atom is 0.404 e. The van der Waals surface area contributed by atoms with Crippen molar-refractivity contribution in [1.29, 1.82) is 0 Å². The topological polar surface area (TPSA) is 69.6 Å². The highest BCUT2D eigenvalue weighted by Crippen LogP contribution is 2.32. The lowest BCUT2D eigenvalue weighted by Gasteiger charge is -2.39. The third-order valence-electron chi connectivity index (χ3n) is 3.69. The molecule has 1 fully saturated rings. The summed E-state index contributed by atoms with van der Waals surface area (Å²) in [6.07, 6.45) is 3.91. The number of nitrogens with one attached hydrogen (secondary N) is 1. The molecule has 100 valence electrons. The first-order valence-electron chi connectivity index (χ1n) is 6.50. The first kappa shape index (κ1) is 14.3. The predicted octanol–water partition coefficient (Wildman–Crippen LogP) is 2.61. The van der Waals surface area contributed by atoms with Crippen LogP contribution in [-0.4, -0.2) is 28.5 Å². The van der Waals surface area contributed by atoms with Gasteiger partial charge in [0.25, 0.3) is 0 Å². The number of aliphatic hydroxyl groups is 1. The summed E-state index contributed by atoms with van der Waals surface area (Å²) < 4.78 is 0. The van der Waals surface area contributed by atoms with Crippen molar-refractivity contribution in [3.8, 4) is 0 Å². The average Bonchev–Trinajstić information content (AvgIpc) is 2.24. The summed E-state index contributed by atoms with van der Waals surface area (Å²) in [6.45, 7) is 5.87. The number of hydrogen-bond acceptors (Lipinski definition) is 2. The zero-order valence-electron chi connectivity index (χ0n) is 11.1. The van der Waals surface area contributed by atoms with E-state index < -0.39 is 18.2 Å². The zero-order valence-corrected chi connectivity index (χ0v) is 11.1. The summed E-state index contributed by atoms with van der Waals surface area (Å²) in [6, 6.07) is -0.400. The lowest BCUT2D eigenvalue weighted by molar-refractivity contribution is 0.0134. The molecule has 4 heteroatoms. The highest BCUT2D eigenvalue weighted by atomic mass is 16.4. The molecule has 0 aromatic heterocycles. The van der Waals surface area contributed by atoms with Crippen molar-refractivity contribution in [2.24, 2.45) is 11.3 Å². The van der Waals surface area contributed by atoms with Crippen LogP contribution >= 0.6 is 0 Å². The predicted molar refractivity (Wildman–Crippen MR) is 67.0 cm³/mol. The number of carboxylic acid groups (broad SMARTS) is 1. The molecule has 0 aromatic carbocycles. The number of hydrogen-bond donors (Lipinski definition) is 3. The standard InChI is InChI=1S/C13H25NO3/c1-13(2,3)11(14-12(16)17)10(15)9-7-5-4-6-8-9/h9-11,14-15H,4-8H2,1-3H3,(H,16,17). The second-order valence-electron chi connectivity index (χ2n) is 6.18. The molecule has 17 heavy (non-hydrogen) atoms. The summed E-state index contributed by atoms with van der Waals surface area (Å²) in [5.74, 6) is 0.236. The van der Waals surface area contributed by atoms with Crippen molar-refractivity contribution in [2.75, 3.05) is 0 Å². The van der Waals surface area contributed by atoms with Gasteiger partial charge in [-0.25, -0.2) is 4.79 Å². The van der Waals surface area contributed by atoms with E-state index in [2.05, 4.69) is 5.32 Å². The summed E-state index contributed by atoms with van der Waals surface area (Å²) in [5, 5.41) is 21.7. The highest BCUT2D eigenvalue weighted by Gasteiger charge is 2.37. The molecule has 0 spiro atoms. The SMILES string of the molecule is CC(C)(C)C(NC(=O)O)C(O)C1CCCCC1. The Morgan fingerprint density at radius 3 is 2.18 bits per heavy atom. The number of carbonyl (C=O) groups is 1. The molecule has 1 aliphatic carbocycles. The van der Waals surface area contributed by atoms with E-state index in [0.29, 0.717) is 0 Å². The minimum absolute atomic E-state index is 0.236. The monoisotopic (exact) mass is 243 g/mol. The molecule has 0 heterocycles. The zero-order chi connectivity index (χ0) is 13.1. The Morgan fingerprint density at radius 2 is 1.76 bits per heavy atom. The molecule has 3 N–H and O–H groups in total.